The second kappa shape index (κ2) is 8.69. The van der Waals surface area contributed by atoms with E-state index < -0.39 is 0 Å². The Morgan fingerprint density at radius 3 is 2.14 bits per heavy atom. The van der Waals surface area contributed by atoms with Gasteiger partial charge in [-0.05, 0) is 56.6 Å². The van der Waals surface area contributed by atoms with E-state index in [0.717, 1.165) is 32.6 Å². The van der Waals surface area contributed by atoms with Crippen molar-refractivity contribution < 1.29 is 4.74 Å². The van der Waals surface area contributed by atoms with Gasteiger partial charge in [0, 0.05) is 12.1 Å². The fourth-order valence-electron chi connectivity index (χ4n) is 2.25. The van der Waals surface area contributed by atoms with Crippen molar-refractivity contribution in [3.63, 3.8) is 0 Å². The summed E-state index contributed by atoms with van der Waals surface area (Å²) in [6.45, 7) is 15.9. The smallest absolute Gasteiger partial charge is 0.0591 e. The lowest BCUT2D eigenvalue weighted by atomic mass is 9.88. The third kappa shape index (κ3) is 9.97. The molecule has 0 aromatic heterocycles. The number of rotatable bonds is 8. The summed E-state index contributed by atoms with van der Waals surface area (Å²) in [5.74, 6) is 0. The summed E-state index contributed by atoms with van der Waals surface area (Å²) in [6, 6.07) is 8.96. The third-order valence-corrected chi connectivity index (χ3v) is 3.59. The summed E-state index contributed by atoms with van der Waals surface area (Å²) in [4.78, 5) is 0. The van der Waals surface area contributed by atoms with Gasteiger partial charge in [0.25, 0.3) is 0 Å². The Bertz CT molecular complexity index is 426. The first-order valence-electron chi connectivity index (χ1n) is 8.56. The van der Waals surface area contributed by atoms with Crippen molar-refractivity contribution in [2.45, 2.75) is 66.3 Å². The van der Waals surface area contributed by atoms with E-state index in [9.17, 15) is 0 Å². The zero-order chi connectivity index (χ0) is 16.6. The molecule has 0 radical (unpaired) electrons. The van der Waals surface area contributed by atoms with Gasteiger partial charge in [-0.1, -0.05) is 45.0 Å². The summed E-state index contributed by atoms with van der Waals surface area (Å²) in [5.41, 5.74) is 3.40. The van der Waals surface area contributed by atoms with Crippen LogP contribution in [-0.2, 0) is 17.6 Å². The van der Waals surface area contributed by atoms with E-state index in [-0.39, 0.29) is 5.54 Å². The molecule has 22 heavy (non-hydrogen) atoms. The lowest BCUT2D eigenvalue weighted by Gasteiger charge is -2.20. The van der Waals surface area contributed by atoms with Crippen molar-refractivity contribution in [1.29, 1.82) is 0 Å². The highest BCUT2D eigenvalue weighted by molar-refractivity contribution is 5.23. The second-order valence-electron chi connectivity index (χ2n) is 8.42. The first-order chi connectivity index (χ1) is 10.2. The maximum Gasteiger partial charge on any atom is 0.0591 e. The molecule has 0 spiro atoms. The van der Waals surface area contributed by atoms with E-state index in [2.05, 4.69) is 71.1 Å². The number of aryl methyl sites for hydroxylation is 1. The maximum absolute atomic E-state index is 5.72. The van der Waals surface area contributed by atoms with Crippen molar-refractivity contribution in [3.8, 4) is 0 Å². The van der Waals surface area contributed by atoms with Gasteiger partial charge in [0.15, 0.2) is 0 Å². The summed E-state index contributed by atoms with van der Waals surface area (Å²) in [5, 5.41) is 3.44. The van der Waals surface area contributed by atoms with Crippen molar-refractivity contribution in [2.24, 2.45) is 5.41 Å². The van der Waals surface area contributed by atoms with Crippen LogP contribution >= 0.6 is 0 Å². The zero-order valence-corrected chi connectivity index (χ0v) is 15.5. The number of benzene rings is 1. The molecule has 0 heterocycles. The largest absolute Gasteiger partial charge is 0.380 e. The van der Waals surface area contributed by atoms with Crippen molar-refractivity contribution in [3.05, 3.63) is 35.4 Å². The quantitative estimate of drug-likeness (QED) is 0.708. The maximum atomic E-state index is 5.72. The van der Waals surface area contributed by atoms with Gasteiger partial charge in [0.1, 0.15) is 0 Å². The molecule has 1 N–H and O–H groups in total. The van der Waals surface area contributed by atoms with Crippen LogP contribution in [0.25, 0.3) is 0 Å². The number of ether oxygens (including phenoxy) is 1. The van der Waals surface area contributed by atoms with Gasteiger partial charge in [-0.25, -0.2) is 0 Å². The van der Waals surface area contributed by atoms with Crippen LogP contribution in [0, 0.1) is 5.41 Å². The van der Waals surface area contributed by atoms with Gasteiger partial charge in [-0.15, -0.1) is 0 Å². The minimum Gasteiger partial charge on any atom is -0.380 e. The lowest BCUT2D eigenvalue weighted by molar-refractivity contribution is 0.133. The molecule has 126 valence electrons. The summed E-state index contributed by atoms with van der Waals surface area (Å²) in [6.07, 6.45) is 3.39. The van der Waals surface area contributed by atoms with Crippen molar-refractivity contribution in [1.82, 2.24) is 5.32 Å². The van der Waals surface area contributed by atoms with E-state index in [1.54, 1.807) is 0 Å². The van der Waals surface area contributed by atoms with Crippen LogP contribution in [0.5, 0.6) is 0 Å². The molecule has 0 amide bonds. The van der Waals surface area contributed by atoms with E-state index in [1.165, 1.54) is 17.5 Å². The Morgan fingerprint density at radius 2 is 1.55 bits per heavy atom. The fourth-order valence-corrected chi connectivity index (χ4v) is 2.25. The average molecular weight is 306 g/mol. The normalized spacial score (nSPS) is 12.6. The van der Waals surface area contributed by atoms with Crippen LogP contribution in [0.15, 0.2) is 24.3 Å². The minimum atomic E-state index is 0.171. The molecule has 0 aliphatic carbocycles. The standard InChI is InChI=1S/C20H35NO/c1-19(2,3)12-10-17-8-7-9-18(16-17)11-14-22-15-13-21-20(4,5)6/h7-9,16,21H,10-15H2,1-6H3. The fraction of sp³-hybridized carbons (Fsp3) is 0.700. The zero-order valence-electron chi connectivity index (χ0n) is 15.5. The molecular formula is C20H35NO. The molecule has 2 heteroatoms. The lowest BCUT2D eigenvalue weighted by Crippen LogP contribution is -2.38. The highest BCUT2D eigenvalue weighted by atomic mass is 16.5. The van der Waals surface area contributed by atoms with Crippen molar-refractivity contribution >= 4 is 0 Å². The molecule has 0 unspecified atom stereocenters. The molecule has 0 saturated carbocycles. The highest BCUT2D eigenvalue weighted by Crippen LogP contribution is 2.21. The molecule has 0 bridgehead atoms. The number of hydrogen-bond donors (Lipinski definition) is 1. The number of nitrogens with one attached hydrogen (secondary N) is 1. The van der Waals surface area contributed by atoms with E-state index in [1.807, 2.05) is 0 Å². The molecule has 0 saturated heterocycles. The molecule has 0 fully saturated rings. The van der Waals surface area contributed by atoms with E-state index in [4.69, 9.17) is 4.74 Å². The van der Waals surface area contributed by atoms with E-state index >= 15 is 0 Å². The molecule has 1 aromatic carbocycles. The summed E-state index contributed by atoms with van der Waals surface area (Å²) in [7, 11) is 0. The van der Waals surface area contributed by atoms with Crippen LogP contribution in [0.4, 0.5) is 0 Å². The molecule has 2 nitrogen and oxygen atoms in total. The first-order valence-corrected chi connectivity index (χ1v) is 8.56. The van der Waals surface area contributed by atoms with Crippen molar-refractivity contribution in [2.75, 3.05) is 19.8 Å². The molecule has 1 rings (SSSR count). The van der Waals surface area contributed by atoms with Gasteiger partial charge < -0.3 is 10.1 Å². The second-order valence-corrected chi connectivity index (χ2v) is 8.42. The Balaban J connectivity index is 2.26. The summed E-state index contributed by atoms with van der Waals surface area (Å²) < 4.78 is 5.72. The Kier molecular flexibility index (Phi) is 7.58. The molecule has 1 aromatic rings. The van der Waals surface area contributed by atoms with Crippen LogP contribution in [-0.4, -0.2) is 25.3 Å². The summed E-state index contributed by atoms with van der Waals surface area (Å²) >= 11 is 0. The minimum absolute atomic E-state index is 0.171. The average Bonchev–Trinajstić information content (AvgIpc) is 2.39. The van der Waals surface area contributed by atoms with Gasteiger partial charge in [0.2, 0.25) is 0 Å². The van der Waals surface area contributed by atoms with Gasteiger partial charge >= 0.3 is 0 Å². The van der Waals surface area contributed by atoms with E-state index in [0.29, 0.717) is 5.41 Å². The number of hydrogen-bond acceptors (Lipinski definition) is 2. The highest BCUT2D eigenvalue weighted by Gasteiger charge is 2.10. The topological polar surface area (TPSA) is 21.3 Å². The monoisotopic (exact) mass is 305 g/mol. The van der Waals surface area contributed by atoms with Crippen LogP contribution in [0.3, 0.4) is 0 Å². The first kappa shape index (κ1) is 19.2. The van der Waals surface area contributed by atoms with Gasteiger partial charge in [-0.3, -0.25) is 0 Å². The Hall–Kier alpha value is -0.860. The predicted octanol–water partition coefficient (Wildman–Crippen LogP) is 4.61. The van der Waals surface area contributed by atoms with Crippen LogP contribution < -0.4 is 5.32 Å². The van der Waals surface area contributed by atoms with Crippen LogP contribution in [0.1, 0.15) is 59.1 Å². The Labute approximate surface area is 137 Å². The third-order valence-electron chi connectivity index (χ3n) is 3.59. The molecule has 0 aliphatic heterocycles. The van der Waals surface area contributed by atoms with Gasteiger partial charge in [0.05, 0.1) is 13.2 Å². The molecule has 0 aliphatic rings. The van der Waals surface area contributed by atoms with Crippen LogP contribution in [0.2, 0.25) is 0 Å². The molecule has 0 atom stereocenters. The Morgan fingerprint density at radius 1 is 0.909 bits per heavy atom. The predicted molar refractivity (Wildman–Crippen MR) is 96.5 cm³/mol. The van der Waals surface area contributed by atoms with Gasteiger partial charge in [-0.2, -0.15) is 0 Å². The SMILES string of the molecule is CC(C)(C)CCc1cccc(CCOCCNC(C)(C)C)c1. The molecular weight excluding hydrogens is 270 g/mol.